The lowest BCUT2D eigenvalue weighted by molar-refractivity contribution is -0.122. The molecule has 1 amide bonds. The van der Waals surface area contributed by atoms with Gasteiger partial charge < -0.3 is 5.73 Å². The summed E-state index contributed by atoms with van der Waals surface area (Å²) in [4.78, 5) is 11.8. The summed E-state index contributed by atoms with van der Waals surface area (Å²) in [5.74, 6) is 0.608. The van der Waals surface area contributed by atoms with Crippen molar-refractivity contribution in [2.24, 2.45) is 17.6 Å². The third-order valence-corrected chi connectivity index (χ3v) is 5.36. The Bertz CT molecular complexity index is 482. The topological polar surface area (TPSA) is 43.1 Å². The molecule has 2 unspecified atom stereocenters. The van der Waals surface area contributed by atoms with Gasteiger partial charge in [0.1, 0.15) is 0 Å². The largest absolute Gasteiger partial charge is 0.369 e. The van der Waals surface area contributed by atoms with Crippen LogP contribution < -0.4 is 5.73 Å². The van der Waals surface area contributed by atoms with Crippen LogP contribution in [0.5, 0.6) is 0 Å². The van der Waals surface area contributed by atoms with E-state index in [9.17, 15) is 4.79 Å². The fourth-order valence-electron chi connectivity index (χ4n) is 3.97. The molecule has 1 aromatic rings. The van der Waals surface area contributed by atoms with Gasteiger partial charge in [-0.1, -0.05) is 63.3 Å². The third-order valence-electron chi connectivity index (χ3n) is 5.36. The van der Waals surface area contributed by atoms with E-state index in [1.54, 1.807) is 0 Å². The number of hydrogen-bond donors (Lipinski definition) is 1. The van der Waals surface area contributed by atoms with Crippen molar-refractivity contribution in [1.29, 1.82) is 0 Å². The molecule has 0 bridgehead atoms. The molecule has 0 spiro atoms. The number of hydrogen-bond acceptors (Lipinski definition) is 1. The second kappa shape index (κ2) is 9.75. The molecule has 0 heterocycles. The highest BCUT2D eigenvalue weighted by Crippen LogP contribution is 2.30. The first kappa shape index (κ1) is 18.0. The van der Waals surface area contributed by atoms with E-state index in [4.69, 9.17) is 5.73 Å². The molecule has 0 aliphatic heterocycles. The molecule has 0 fully saturated rings. The Hall–Kier alpha value is -1.31. The molecule has 1 aromatic carbocycles. The first-order valence-corrected chi connectivity index (χ1v) is 9.56. The van der Waals surface area contributed by atoms with Crippen molar-refractivity contribution in [1.82, 2.24) is 0 Å². The Kier molecular flexibility index (Phi) is 7.64. The lowest BCUT2D eigenvalue weighted by Gasteiger charge is -2.20. The van der Waals surface area contributed by atoms with Gasteiger partial charge in [-0.15, -0.1) is 0 Å². The van der Waals surface area contributed by atoms with Crippen LogP contribution in [0, 0.1) is 11.8 Å². The van der Waals surface area contributed by atoms with E-state index in [0.29, 0.717) is 5.92 Å². The summed E-state index contributed by atoms with van der Waals surface area (Å²) >= 11 is 0. The molecule has 1 aliphatic carbocycles. The van der Waals surface area contributed by atoms with E-state index in [1.807, 2.05) is 0 Å². The smallest absolute Gasteiger partial charge is 0.220 e. The summed E-state index contributed by atoms with van der Waals surface area (Å²) in [6, 6.07) is 8.80. The van der Waals surface area contributed by atoms with Gasteiger partial charge in [0.05, 0.1) is 0 Å². The zero-order valence-corrected chi connectivity index (χ0v) is 14.7. The third kappa shape index (κ3) is 6.01. The Morgan fingerprint density at radius 1 is 1.17 bits per heavy atom. The fraction of sp³-hybridized carbons (Fsp3) is 0.667. The normalized spacial score (nSPS) is 18.9. The minimum Gasteiger partial charge on any atom is -0.369 e. The highest BCUT2D eigenvalue weighted by Gasteiger charge is 2.23. The maximum Gasteiger partial charge on any atom is 0.220 e. The van der Waals surface area contributed by atoms with Crippen molar-refractivity contribution in [2.45, 2.75) is 77.6 Å². The number of aryl methyl sites for hydroxylation is 1. The van der Waals surface area contributed by atoms with Gasteiger partial charge in [-0.25, -0.2) is 0 Å². The van der Waals surface area contributed by atoms with E-state index in [2.05, 4.69) is 31.2 Å². The standard InChI is InChI=1S/C21H33NO/c1-2-3-4-5-6-13-20(21(22)23)16-17-10-9-14-18-11-7-8-12-19(18)15-17/h7-8,11-12,17,20H,2-6,9-10,13-16H2,1H3,(H2,22,23). The quantitative estimate of drug-likeness (QED) is 0.504. The van der Waals surface area contributed by atoms with Gasteiger partial charge in [-0.2, -0.15) is 0 Å². The van der Waals surface area contributed by atoms with Crippen molar-refractivity contribution >= 4 is 5.91 Å². The van der Waals surface area contributed by atoms with Gasteiger partial charge in [0.2, 0.25) is 5.91 Å². The van der Waals surface area contributed by atoms with Crippen LogP contribution in [0.1, 0.15) is 75.8 Å². The van der Waals surface area contributed by atoms with E-state index < -0.39 is 0 Å². The molecule has 0 radical (unpaired) electrons. The average Bonchev–Trinajstić information content (AvgIpc) is 2.75. The van der Waals surface area contributed by atoms with Crippen LogP contribution in [-0.2, 0) is 17.6 Å². The SMILES string of the molecule is CCCCCCCC(CC1CCCc2ccccc2C1)C(N)=O. The molecule has 0 saturated heterocycles. The summed E-state index contributed by atoms with van der Waals surface area (Å²) < 4.78 is 0. The van der Waals surface area contributed by atoms with Crippen LogP contribution in [0.3, 0.4) is 0 Å². The number of primary amides is 1. The molecule has 2 N–H and O–H groups in total. The summed E-state index contributed by atoms with van der Waals surface area (Å²) in [5, 5.41) is 0. The molecule has 2 nitrogen and oxygen atoms in total. The minimum absolute atomic E-state index is 0.0758. The van der Waals surface area contributed by atoms with Crippen LogP contribution >= 0.6 is 0 Å². The summed E-state index contributed by atoms with van der Waals surface area (Å²) in [6.07, 6.45) is 13.0. The van der Waals surface area contributed by atoms with E-state index >= 15 is 0 Å². The summed E-state index contributed by atoms with van der Waals surface area (Å²) in [7, 11) is 0. The molecule has 1 aliphatic rings. The first-order valence-electron chi connectivity index (χ1n) is 9.56. The zero-order valence-electron chi connectivity index (χ0n) is 14.7. The van der Waals surface area contributed by atoms with Crippen LogP contribution in [0.4, 0.5) is 0 Å². The number of benzene rings is 1. The predicted molar refractivity (Wildman–Crippen MR) is 97.3 cm³/mol. The number of rotatable bonds is 9. The van der Waals surface area contributed by atoms with Gasteiger partial charge in [0.25, 0.3) is 0 Å². The monoisotopic (exact) mass is 315 g/mol. The Balaban J connectivity index is 1.85. The molecular formula is C21H33NO. The number of fused-ring (bicyclic) bond motifs is 1. The lowest BCUT2D eigenvalue weighted by atomic mass is 9.85. The van der Waals surface area contributed by atoms with Crippen LogP contribution in [0.15, 0.2) is 24.3 Å². The molecule has 0 aromatic heterocycles. The van der Waals surface area contributed by atoms with Gasteiger partial charge in [0.15, 0.2) is 0 Å². The van der Waals surface area contributed by atoms with Crippen LogP contribution in [0.25, 0.3) is 0 Å². The van der Waals surface area contributed by atoms with Crippen molar-refractivity contribution in [3.63, 3.8) is 0 Å². The van der Waals surface area contributed by atoms with Crippen LogP contribution in [-0.4, -0.2) is 5.91 Å². The van der Waals surface area contributed by atoms with Gasteiger partial charge in [-0.3, -0.25) is 4.79 Å². The maximum absolute atomic E-state index is 11.8. The second-order valence-corrected chi connectivity index (χ2v) is 7.27. The van der Waals surface area contributed by atoms with Gasteiger partial charge in [-0.05, 0) is 55.6 Å². The van der Waals surface area contributed by atoms with Gasteiger partial charge >= 0.3 is 0 Å². The second-order valence-electron chi connectivity index (χ2n) is 7.27. The number of carbonyl (C=O) groups is 1. The van der Waals surface area contributed by atoms with Gasteiger partial charge in [0, 0.05) is 5.92 Å². The molecule has 0 saturated carbocycles. The predicted octanol–water partition coefficient (Wildman–Crippen LogP) is 5.03. The number of amides is 1. The van der Waals surface area contributed by atoms with Crippen molar-refractivity contribution in [3.05, 3.63) is 35.4 Å². The summed E-state index contributed by atoms with van der Waals surface area (Å²) in [5.41, 5.74) is 8.68. The summed E-state index contributed by atoms with van der Waals surface area (Å²) in [6.45, 7) is 2.23. The molecular weight excluding hydrogens is 282 g/mol. The van der Waals surface area contributed by atoms with E-state index in [-0.39, 0.29) is 11.8 Å². The lowest BCUT2D eigenvalue weighted by Crippen LogP contribution is -2.26. The minimum atomic E-state index is -0.0852. The maximum atomic E-state index is 11.8. The Morgan fingerprint density at radius 2 is 1.91 bits per heavy atom. The first-order chi connectivity index (χ1) is 11.2. The average molecular weight is 316 g/mol. The van der Waals surface area contributed by atoms with Crippen molar-refractivity contribution in [3.8, 4) is 0 Å². The highest BCUT2D eigenvalue weighted by atomic mass is 16.1. The highest BCUT2D eigenvalue weighted by molar-refractivity contribution is 5.76. The fourth-order valence-corrected chi connectivity index (χ4v) is 3.97. The number of unbranched alkanes of at least 4 members (excludes halogenated alkanes) is 4. The van der Waals surface area contributed by atoms with E-state index in [1.165, 1.54) is 56.1 Å². The zero-order chi connectivity index (χ0) is 16.5. The number of carbonyl (C=O) groups excluding carboxylic acids is 1. The Labute approximate surface area is 141 Å². The molecule has 2 heteroatoms. The Morgan fingerprint density at radius 3 is 2.65 bits per heavy atom. The van der Waals surface area contributed by atoms with E-state index in [0.717, 1.165) is 25.7 Å². The molecule has 2 rings (SSSR count). The van der Waals surface area contributed by atoms with Crippen molar-refractivity contribution in [2.75, 3.05) is 0 Å². The van der Waals surface area contributed by atoms with Crippen LogP contribution in [0.2, 0.25) is 0 Å². The molecule has 23 heavy (non-hydrogen) atoms. The number of nitrogens with two attached hydrogens (primary N) is 1. The molecule has 2 atom stereocenters. The van der Waals surface area contributed by atoms with Crippen molar-refractivity contribution < 1.29 is 4.79 Å². The molecule has 128 valence electrons.